The van der Waals surface area contributed by atoms with Gasteiger partial charge in [0, 0.05) is 20.8 Å². The maximum Gasteiger partial charge on any atom is 3.00 e. The molecule has 0 heterocycles. The van der Waals surface area contributed by atoms with E-state index in [1.807, 2.05) is 0 Å². The van der Waals surface area contributed by atoms with E-state index in [9.17, 15) is 28.4 Å². The largest absolute Gasteiger partial charge is 3.00 e. The predicted molar refractivity (Wildman–Crippen MR) is 63.6 cm³/mol. The normalized spacial score (nSPS) is 15.9. The smallest absolute Gasteiger partial charge is 0.593 e. The van der Waals surface area contributed by atoms with Gasteiger partial charge in [0.15, 0.2) is 0 Å². The molecule has 0 amide bonds. The molecule has 0 rings (SSSR count). The Labute approximate surface area is 124 Å². The third-order valence-electron chi connectivity index (χ3n) is 0.915. The zero-order valence-electron chi connectivity index (χ0n) is 10.4. The van der Waals surface area contributed by atoms with Gasteiger partial charge in [-0.15, -0.1) is 0 Å². The van der Waals surface area contributed by atoms with Gasteiger partial charge in [-0.1, -0.05) is 13.7 Å². The van der Waals surface area contributed by atoms with Gasteiger partial charge < -0.3 is 30.0 Å². The Hall–Kier alpha value is 0.592. The van der Waals surface area contributed by atoms with Crippen molar-refractivity contribution in [3.8, 4) is 0 Å². The average Bonchev–Trinajstić information content (AvgIpc) is 2.18. The first-order valence-corrected chi connectivity index (χ1v) is 8.12. The molecule has 0 radical (unpaired) electrons. The van der Waals surface area contributed by atoms with Crippen LogP contribution in [-0.2, 0) is 13.7 Å². The third-order valence-corrected chi connectivity index (χ3v) is 2.75. The van der Waals surface area contributed by atoms with Crippen molar-refractivity contribution in [3.05, 3.63) is 0 Å². The maximum atomic E-state index is 9.49. The fourth-order valence-electron chi connectivity index (χ4n) is 0. The van der Waals surface area contributed by atoms with Gasteiger partial charge >= 0.3 is 41.4 Å². The molecule has 0 fully saturated rings. The number of hydrogen-bond acceptors (Lipinski definition) is 9. The molecule has 108 valence electrons. The molecule has 0 aromatic heterocycles. The number of aliphatic hydroxyl groups is 3. The minimum absolute atomic E-state index is 0. The SMILES string of the molecule is CC(O)[P+](=O)[O-].CC(O)[P+](=O)[O-].CC(O)[P+](=O)[O-].[Al+3]. The summed E-state index contributed by atoms with van der Waals surface area (Å²) < 4.78 is 28.5. The summed E-state index contributed by atoms with van der Waals surface area (Å²) in [5.74, 6) is -3.58. The van der Waals surface area contributed by atoms with E-state index in [0.29, 0.717) is 0 Å². The van der Waals surface area contributed by atoms with Crippen LogP contribution in [0.15, 0.2) is 0 Å². The van der Waals surface area contributed by atoms with Crippen molar-refractivity contribution >= 4 is 41.4 Å². The average molecular weight is 351 g/mol. The minimum atomic E-state index is -2.60. The van der Waals surface area contributed by atoms with Crippen LogP contribution >= 0.6 is 24.1 Å². The van der Waals surface area contributed by atoms with Gasteiger partial charge in [0.1, 0.15) is 0 Å². The van der Waals surface area contributed by atoms with E-state index in [-0.39, 0.29) is 17.4 Å². The van der Waals surface area contributed by atoms with Gasteiger partial charge in [-0.3, -0.25) is 0 Å². The number of rotatable bonds is 3. The standard InChI is InChI=1S/3C2H5O3P.Al/c3*1-2(3)6(4)5;/h3*2-3H,1H3;/q;;;+3. The second-order valence-corrected chi connectivity index (χ2v) is 6.71. The van der Waals surface area contributed by atoms with Crippen molar-refractivity contribution in [2.75, 3.05) is 0 Å². The van der Waals surface area contributed by atoms with E-state index in [2.05, 4.69) is 0 Å². The van der Waals surface area contributed by atoms with Crippen LogP contribution in [0.25, 0.3) is 0 Å². The molecule has 0 aromatic rings. The minimum Gasteiger partial charge on any atom is -0.593 e. The van der Waals surface area contributed by atoms with E-state index >= 15 is 0 Å². The summed E-state index contributed by atoms with van der Waals surface area (Å²) in [6.45, 7) is 3.60. The Balaban J connectivity index is -0.0000000865. The molecule has 0 saturated heterocycles. The Morgan fingerprint density at radius 2 is 0.737 bits per heavy atom. The first kappa shape index (κ1) is 27.9. The monoisotopic (exact) mass is 351 g/mol. The molecule has 3 N–H and O–H groups in total. The van der Waals surface area contributed by atoms with Crippen LogP contribution in [0.4, 0.5) is 0 Å². The predicted octanol–water partition coefficient (Wildman–Crippen LogP) is -2.10. The summed E-state index contributed by atoms with van der Waals surface area (Å²) in [5, 5.41) is 24.1. The van der Waals surface area contributed by atoms with Crippen molar-refractivity contribution in [1.82, 2.24) is 0 Å². The van der Waals surface area contributed by atoms with Crippen molar-refractivity contribution in [2.45, 2.75) is 38.3 Å². The van der Waals surface area contributed by atoms with Crippen LogP contribution in [0.1, 0.15) is 20.8 Å². The molecule has 0 aliphatic carbocycles. The van der Waals surface area contributed by atoms with Gasteiger partial charge in [0.2, 0.25) is 17.5 Å². The molecule has 13 heteroatoms. The molecule has 0 aliphatic rings. The van der Waals surface area contributed by atoms with E-state index in [0.717, 1.165) is 0 Å². The van der Waals surface area contributed by atoms with Crippen molar-refractivity contribution in [2.24, 2.45) is 0 Å². The first-order chi connectivity index (χ1) is 7.93. The van der Waals surface area contributed by atoms with E-state index in [1.165, 1.54) is 20.8 Å². The number of aliphatic hydroxyl groups excluding tert-OH is 3. The number of hydrogen-bond donors (Lipinski definition) is 3. The second-order valence-electron chi connectivity index (χ2n) is 2.75. The topological polar surface area (TPSA) is 181 Å². The van der Waals surface area contributed by atoms with Gasteiger partial charge in [-0.25, -0.2) is 0 Å². The zero-order valence-corrected chi connectivity index (χ0v) is 14.3. The fourth-order valence-corrected chi connectivity index (χ4v) is 0. The third kappa shape index (κ3) is 32.3. The van der Waals surface area contributed by atoms with Crippen LogP contribution in [0.5, 0.6) is 0 Å². The Morgan fingerprint density at radius 3 is 0.737 bits per heavy atom. The van der Waals surface area contributed by atoms with Crippen molar-refractivity contribution in [1.29, 1.82) is 0 Å². The summed E-state index contributed by atoms with van der Waals surface area (Å²) in [6, 6.07) is 0. The molecular formula is C6H15AlO9P3+3. The fraction of sp³-hybridized carbons (Fsp3) is 1.00. The van der Waals surface area contributed by atoms with E-state index in [1.54, 1.807) is 0 Å². The van der Waals surface area contributed by atoms with E-state index in [4.69, 9.17) is 15.3 Å². The van der Waals surface area contributed by atoms with Crippen molar-refractivity contribution < 1.29 is 43.7 Å². The maximum absolute atomic E-state index is 9.49. The van der Waals surface area contributed by atoms with Crippen LogP contribution in [0.2, 0.25) is 0 Å². The van der Waals surface area contributed by atoms with Gasteiger partial charge in [-0.05, 0) is 0 Å². The van der Waals surface area contributed by atoms with Crippen LogP contribution in [0.3, 0.4) is 0 Å². The first-order valence-electron chi connectivity index (χ1n) is 4.38. The zero-order chi connectivity index (χ0) is 15.5. The molecule has 0 spiro atoms. The summed E-state index contributed by atoms with van der Waals surface area (Å²) in [7, 11) is -7.81. The molecule has 0 aromatic carbocycles. The quantitative estimate of drug-likeness (QED) is 0.379. The van der Waals surface area contributed by atoms with Gasteiger partial charge in [-0.2, -0.15) is 0 Å². The van der Waals surface area contributed by atoms with Crippen molar-refractivity contribution in [3.63, 3.8) is 0 Å². The molecular weight excluding hydrogens is 336 g/mol. The summed E-state index contributed by atoms with van der Waals surface area (Å²) >= 11 is 0. The van der Waals surface area contributed by atoms with Gasteiger partial charge in [0.25, 0.3) is 0 Å². The van der Waals surface area contributed by atoms with Crippen LogP contribution in [0, 0.1) is 0 Å². The molecule has 19 heavy (non-hydrogen) atoms. The Kier molecular flexibility index (Phi) is 24.4. The molecule has 0 bridgehead atoms. The van der Waals surface area contributed by atoms with E-state index < -0.39 is 41.6 Å². The molecule has 9 nitrogen and oxygen atoms in total. The summed E-state index contributed by atoms with van der Waals surface area (Å²) in [6.07, 6.45) is 0. The Bertz CT molecular complexity index is 228. The summed E-state index contributed by atoms with van der Waals surface area (Å²) in [5.41, 5.74) is 0. The molecule has 6 atom stereocenters. The van der Waals surface area contributed by atoms with Gasteiger partial charge in [0.05, 0.1) is 0 Å². The molecule has 6 unspecified atom stereocenters. The second kappa shape index (κ2) is 16.6. The Morgan fingerprint density at radius 1 is 0.684 bits per heavy atom. The summed E-state index contributed by atoms with van der Waals surface area (Å²) in [4.78, 5) is 28.5. The molecule has 0 aliphatic heterocycles. The molecule has 0 saturated carbocycles. The van der Waals surface area contributed by atoms with Crippen LogP contribution < -0.4 is 14.7 Å². The van der Waals surface area contributed by atoms with Crippen LogP contribution in [-0.4, -0.2) is 50.2 Å².